The summed E-state index contributed by atoms with van der Waals surface area (Å²) in [6.07, 6.45) is 1.63. The van der Waals surface area contributed by atoms with Gasteiger partial charge in [-0.2, -0.15) is 0 Å². The Morgan fingerprint density at radius 1 is 1.29 bits per heavy atom. The summed E-state index contributed by atoms with van der Waals surface area (Å²) in [5, 5.41) is 5.48. The topological polar surface area (TPSA) is 64.7 Å². The molecule has 8 heteroatoms. The molecule has 1 heterocycles. The lowest BCUT2D eigenvalue weighted by Crippen LogP contribution is -2.52. The summed E-state index contributed by atoms with van der Waals surface area (Å²) in [6.45, 7) is 6.62. The highest BCUT2D eigenvalue weighted by molar-refractivity contribution is 9.10. The van der Waals surface area contributed by atoms with Crippen molar-refractivity contribution in [2.24, 2.45) is 0 Å². The number of hydrogen-bond donors (Lipinski definition) is 2. The molecule has 6 nitrogen and oxygen atoms in total. The first kappa shape index (κ1) is 18.4. The molecule has 1 fully saturated rings. The first-order valence-electron chi connectivity index (χ1n) is 7.60. The van der Waals surface area contributed by atoms with Gasteiger partial charge in [0, 0.05) is 37.2 Å². The predicted octanol–water partition coefficient (Wildman–Crippen LogP) is 2.04. The summed E-state index contributed by atoms with van der Waals surface area (Å²) in [5.41, 5.74) is 0.521. The molecule has 0 unspecified atom stereocenters. The zero-order chi connectivity index (χ0) is 17.5. The van der Waals surface area contributed by atoms with E-state index in [-0.39, 0.29) is 17.8 Å². The lowest BCUT2D eigenvalue weighted by Gasteiger charge is -2.34. The summed E-state index contributed by atoms with van der Waals surface area (Å²) >= 11 is 3.22. The zero-order valence-electron chi connectivity index (χ0n) is 13.2. The van der Waals surface area contributed by atoms with Crippen LogP contribution < -0.4 is 10.6 Å². The van der Waals surface area contributed by atoms with E-state index in [9.17, 15) is 14.0 Å². The SMILES string of the molecule is C=CCNC(=O)CN1CCN(C(=O)Nc2ccc(F)cc2Br)CC1. The van der Waals surface area contributed by atoms with Crippen LogP contribution in [-0.4, -0.2) is 61.0 Å². The minimum Gasteiger partial charge on any atom is -0.352 e. The van der Waals surface area contributed by atoms with Gasteiger partial charge in [-0.3, -0.25) is 9.69 Å². The van der Waals surface area contributed by atoms with Gasteiger partial charge in [-0.1, -0.05) is 6.08 Å². The van der Waals surface area contributed by atoms with Crippen LogP contribution in [0.25, 0.3) is 0 Å². The van der Waals surface area contributed by atoms with Gasteiger partial charge in [0.15, 0.2) is 0 Å². The Morgan fingerprint density at radius 2 is 2.00 bits per heavy atom. The molecule has 24 heavy (non-hydrogen) atoms. The fraction of sp³-hybridized carbons (Fsp3) is 0.375. The summed E-state index contributed by atoms with van der Waals surface area (Å²) in [5.74, 6) is -0.425. The molecule has 1 aliphatic rings. The standard InChI is InChI=1S/C16H20BrFN4O2/c1-2-5-19-15(23)11-21-6-8-22(9-7-21)16(24)20-14-4-3-12(18)10-13(14)17/h2-4,10H,1,5-9,11H2,(H,19,23)(H,20,24). The van der Waals surface area contributed by atoms with Crippen LogP contribution in [0.5, 0.6) is 0 Å². The Kier molecular flexibility index (Phi) is 6.74. The molecule has 0 saturated carbocycles. The number of anilines is 1. The van der Waals surface area contributed by atoms with Crippen LogP contribution in [-0.2, 0) is 4.79 Å². The average molecular weight is 399 g/mol. The van der Waals surface area contributed by atoms with E-state index < -0.39 is 0 Å². The first-order chi connectivity index (χ1) is 11.5. The minimum absolute atomic E-state index is 0.0527. The van der Waals surface area contributed by atoms with Crippen LogP contribution in [0.4, 0.5) is 14.9 Å². The molecule has 130 valence electrons. The Balaban J connectivity index is 1.80. The molecule has 0 aromatic heterocycles. The molecule has 0 bridgehead atoms. The van der Waals surface area contributed by atoms with Crippen molar-refractivity contribution in [1.29, 1.82) is 0 Å². The van der Waals surface area contributed by atoms with Gasteiger partial charge in [-0.05, 0) is 34.1 Å². The van der Waals surface area contributed by atoms with E-state index in [0.29, 0.717) is 49.4 Å². The third-order valence-corrected chi connectivity index (χ3v) is 4.30. The van der Waals surface area contributed by atoms with Gasteiger partial charge in [-0.15, -0.1) is 6.58 Å². The molecule has 3 amide bonds. The van der Waals surface area contributed by atoms with E-state index >= 15 is 0 Å². The van der Waals surface area contributed by atoms with Crippen molar-refractivity contribution >= 4 is 33.6 Å². The molecule has 0 aliphatic carbocycles. The number of benzene rings is 1. The third-order valence-electron chi connectivity index (χ3n) is 3.64. The summed E-state index contributed by atoms with van der Waals surface area (Å²) in [4.78, 5) is 27.6. The second-order valence-corrected chi connectivity index (χ2v) is 6.26. The zero-order valence-corrected chi connectivity index (χ0v) is 14.8. The van der Waals surface area contributed by atoms with Crippen LogP contribution in [0.1, 0.15) is 0 Å². The van der Waals surface area contributed by atoms with Crippen LogP contribution in [0.2, 0.25) is 0 Å². The van der Waals surface area contributed by atoms with Gasteiger partial charge < -0.3 is 15.5 Å². The van der Waals surface area contributed by atoms with Gasteiger partial charge in [0.1, 0.15) is 5.82 Å². The number of nitrogens with zero attached hydrogens (tertiary/aromatic N) is 2. The lowest BCUT2D eigenvalue weighted by molar-refractivity contribution is -0.122. The van der Waals surface area contributed by atoms with E-state index in [1.165, 1.54) is 18.2 Å². The molecule has 1 aromatic rings. The van der Waals surface area contributed by atoms with Crippen molar-refractivity contribution < 1.29 is 14.0 Å². The van der Waals surface area contributed by atoms with E-state index in [0.717, 1.165) is 0 Å². The Bertz CT molecular complexity index is 618. The molecule has 1 saturated heterocycles. The molecular weight excluding hydrogens is 379 g/mol. The van der Waals surface area contributed by atoms with Crippen LogP contribution in [0.3, 0.4) is 0 Å². The number of hydrogen-bond acceptors (Lipinski definition) is 3. The van der Waals surface area contributed by atoms with E-state index in [1.54, 1.807) is 11.0 Å². The molecule has 0 radical (unpaired) electrons. The first-order valence-corrected chi connectivity index (χ1v) is 8.40. The van der Waals surface area contributed by atoms with Gasteiger partial charge in [0.25, 0.3) is 0 Å². The van der Waals surface area contributed by atoms with Crippen LogP contribution >= 0.6 is 15.9 Å². The van der Waals surface area contributed by atoms with Gasteiger partial charge in [0.2, 0.25) is 5.91 Å². The monoisotopic (exact) mass is 398 g/mol. The highest BCUT2D eigenvalue weighted by Gasteiger charge is 2.22. The van der Waals surface area contributed by atoms with Gasteiger partial charge in [0.05, 0.1) is 12.2 Å². The van der Waals surface area contributed by atoms with Crippen molar-refractivity contribution in [3.63, 3.8) is 0 Å². The summed E-state index contributed by atoms with van der Waals surface area (Å²) < 4.78 is 13.6. The second-order valence-electron chi connectivity index (χ2n) is 5.41. The molecular formula is C16H20BrFN4O2. The number of halogens is 2. The number of carbonyl (C=O) groups is 2. The fourth-order valence-electron chi connectivity index (χ4n) is 2.34. The number of carbonyl (C=O) groups excluding carboxylic acids is 2. The Morgan fingerprint density at radius 3 is 2.62 bits per heavy atom. The molecule has 1 aliphatic heterocycles. The van der Waals surface area contributed by atoms with Crippen molar-refractivity contribution in [3.05, 3.63) is 41.1 Å². The second kappa shape index (κ2) is 8.79. The molecule has 2 N–H and O–H groups in total. The average Bonchev–Trinajstić information content (AvgIpc) is 2.56. The van der Waals surface area contributed by atoms with Crippen molar-refractivity contribution in [1.82, 2.24) is 15.1 Å². The number of nitrogens with one attached hydrogen (secondary N) is 2. The Labute approximate surface area is 148 Å². The third kappa shape index (κ3) is 5.31. The molecule has 2 rings (SSSR count). The smallest absolute Gasteiger partial charge is 0.321 e. The fourth-order valence-corrected chi connectivity index (χ4v) is 2.79. The maximum atomic E-state index is 13.1. The lowest BCUT2D eigenvalue weighted by atomic mass is 10.3. The molecule has 0 spiro atoms. The Hall–Kier alpha value is -1.93. The van der Waals surface area contributed by atoms with Crippen molar-refractivity contribution in [3.8, 4) is 0 Å². The van der Waals surface area contributed by atoms with E-state index in [2.05, 4.69) is 33.1 Å². The molecule has 0 atom stereocenters. The molecule has 1 aromatic carbocycles. The number of piperazine rings is 1. The number of rotatable bonds is 5. The highest BCUT2D eigenvalue weighted by Crippen LogP contribution is 2.23. The normalized spacial score (nSPS) is 15.0. The van der Waals surface area contributed by atoms with Crippen LogP contribution in [0, 0.1) is 5.82 Å². The largest absolute Gasteiger partial charge is 0.352 e. The van der Waals surface area contributed by atoms with Crippen LogP contribution in [0.15, 0.2) is 35.3 Å². The number of urea groups is 1. The summed E-state index contributed by atoms with van der Waals surface area (Å²) in [7, 11) is 0. The minimum atomic E-state index is -0.372. The maximum absolute atomic E-state index is 13.1. The highest BCUT2D eigenvalue weighted by atomic mass is 79.9. The van der Waals surface area contributed by atoms with Gasteiger partial charge >= 0.3 is 6.03 Å². The quantitative estimate of drug-likeness (QED) is 0.745. The van der Waals surface area contributed by atoms with Crippen molar-refractivity contribution in [2.45, 2.75) is 0 Å². The predicted molar refractivity (Wildman–Crippen MR) is 94.3 cm³/mol. The summed E-state index contributed by atoms with van der Waals surface area (Å²) in [6, 6.07) is 3.87. The van der Waals surface area contributed by atoms with E-state index in [4.69, 9.17) is 0 Å². The maximum Gasteiger partial charge on any atom is 0.321 e. The number of amides is 3. The van der Waals surface area contributed by atoms with Gasteiger partial charge in [-0.25, -0.2) is 9.18 Å². The van der Waals surface area contributed by atoms with E-state index in [1.807, 2.05) is 4.90 Å². The van der Waals surface area contributed by atoms with Crippen molar-refractivity contribution in [2.75, 3.05) is 44.6 Å².